The van der Waals surface area contributed by atoms with E-state index in [9.17, 15) is 15.8 Å². The number of nitrogens with zero attached hydrogens (tertiary/aromatic N) is 4. The molecule has 1 aromatic heterocycles. The van der Waals surface area contributed by atoms with Gasteiger partial charge in [-0.2, -0.15) is 15.8 Å². The van der Waals surface area contributed by atoms with Crippen molar-refractivity contribution in [2.45, 2.75) is 25.7 Å². The van der Waals surface area contributed by atoms with Crippen LogP contribution in [-0.4, -0.2) is 16.7 Å². The van der Waals surface area contributed by atoms with Crippen LogP contribution in [0.5, 0.6) is 0 Å². The van der Waals surface area contributed by atoms with Gasteiger partial charge in [0.25, 0.3) is 0 Å². The van der Waals surface area contributed by atoms with Gasteiger partial charge in [-0.3, -0.25) is 10.4 Å². The van der Waals surface area contributed by atoms with Gasteiger partial charge in [-0.1, -0.05) is 13.0 Å². The van der Waals surface area contributed by atoms with Crippen LogP contribution in [-0.2, 0) is 9.47 Å². The van der Waals surface area contributed by atoms with Crippen LogP contribution in [0.25, 0.3) is 0 Å². The molecule has 4 atom stereocenters. The molecule has 0 saturated carbocycles. The summed E-state index contributed by atoms with van der Waals surface area (Å²) < 4.78 is 11.5. The molecule has 23 heavy (non-hydrogen) atoms. The van der Waals surface area contributed by atoms with E-state index in [0.717, 1.165) is 0 Å². The number of nitrogens with one attached hydrogen (secondary N) is 1. The maximum absolute atomic E-state index is 9.84. The molecule has 1 aromatic rings. The van der Waals surface area contributed by atoms with Crippen LogP contribution in [0.4, 0.5) is 0 Å². The molecule has 0 unspecified atom stereocenters. The maximum atomic E-state index is 9.84. The van der Waals surface area contributed by atoms with E-state index < -0.39 is 34.5 Å². The monoisotopic (exact) mass is 307 g/mol. The minimum Gasteiger partial charge on any atom is -0.448 e. The molecular weight excluding hydrogens is 294 g/mol. The van der Waals surface area contributed by atoms with E-state index in [2.05, 4.69) is 4.98 Å². The first-order chi connectivity index (χ1) is 10.9. The van der Waals surface area contributed by atoms with Gasteiger partial charge in [-0.15, -0.1) is 0 Å². The molecule has 0 amide bonds. The summed E-state index contributed by atoms with van der Waals surface area (Å²) in [6, 6.07) is 9.28. The zero-order valence-electron chi connectivity index (χ0n) is 12.6. The van der Waals surface area contributed by atoms with Crippen LogP contribution >= 0.6 is 0 Å². The third kappa shape index (κ3) is 1.49. The average molecular weight is 307 g/mol. The Bertz CT molecular complexity index is 788. The molecular formula is C16H13N5O2. The number of aromatic nitrogens is 1. The molecule has 1 N–H and O–H groups in total. The van der Waals surface area contributed by atoms with Gasteiger partial charge < -0.3 is 9.47 Å². The fraction of sp³-hybridized carbons (Fsp3) is 0.438. The van der Waals surface area contributed by atoms with Crippen molar-refractivity contribution in [3.8, 4) is 18.2 Å². The van der Waals surface area contributed by atoms with Crippen LogP contribution < -0.4 is 0 Å². The minimum absolute atomic E-state index is 0.399. The molecule has 0 aliphatic carbocycles. The molecule has 0 radical (unpaired) electrons. The van der Waals surface area contributed by atoms with Crippen molar-refractivity contribution in [2.75, 3.05) is 0 Å². The van der Waals surface area contributed by atoms with Crippen molar-refractivity contribution < 1.29 is 9.47 Å². The SMILES string of the molecule is C[C@@H]1[C@@]2(C)OC(=N)[C@@]1(C#N)C(C#N)(C#N)[C@H](c1cccnc1)O2. The van der Waals surface area contributed by atoms with E-state index in [1.54, 1.807) is 32.2 Å². The molecule has 2 aliphatic heterocycles. The lowest BCUT2D eigenvalue weighted by molar-refractivity contribution is -0.268. The standard InChI is InChI=1S/C16H13N5O2/c1-10-14(2)22-12(11-4-3-5-21-6-11)15(7-17,8-18)16(10,9-19)13(20)23-14/h3-6,10,12,20H,1-2H3/t10-,12+,14-,16+/m1/s1. The topological polar surface area (TPSA) is 127 Å². The van der Waals surface area contributed by atoms with E-state index in [-0.39, 0.29) is 0 Å². The van der Waals surface area contributed by atoms with Crippen molar-refractivity contribution in [3.05, 3.63) is 30.1 Å². The molecule has 0 spiro atoms. The van der Waals surface area contributed by atoms with Crippen molar-refractivity contribution in [1.82, 2.24) is 4.98 Å². The molecule has 114 valence electrons. The summed E-state index contributed by atoms with van der Waals surface area (Å²) >= 11 is 0. The van der Waals surface area contributed by atoms with Crippen molar-refractivity contribution in [1.29, 1.82) is 21.2 Å². The zero-order valence-corrected chi connectivity index (χ0v) is 12.6. The number of nitriles is 3. The third-order valence-corrected chi connectivity index (χ3v) is 4.98. The van der Waals surface area contributed by atoms with Gasteiger partial charge in [-0.25, -0.2) is 0 Å². The summed E-state index contributed by atoms with van der Waals surface area (Å²) in [6.07, 6.45) is 2.00. The molecule has 2 saturated heterocycles. The first-order valence-electron chi connectivity index (χ1n) is 7.01. The summed E-state index contributed by atoms with van der Waals surface area (Å²) in [5.74, 6) is -2.31. The summed E-state index contributed by atoms with van der Waals surface area (Å²) in [5.41, 5.74) is -3.12. The molecule has 3 rings (SSSR count). The van der Waals surface area contributed by atoms with Crippen LogP contribution in [0, 0.1) is 56.2 Å². The van der Waals surface area contributed by atoms with Crippen LogP contribution in [0.1, 0.15) is 25.5 Å². The number of pyridine rings is 1. The zero-order chi connectivity index (χ0) is 16.9. The molecule has 2 aliphatic rings. The Labute approximate surface area is 133 Å². The Morgan fingerprint density at radius 1 is 1.26 bits per heavy atom. The average Bonchev–Trinajstić information content (AvgIpc) is 2.71. The Kier molecular flexibility index (Phi) is 2.94. The maximum Gasteiger partial charge on any atom is 0.214 e. The Balaban J connectivity index is 2.34. The third-order valence-electron chi connectivity index (χ3n) is 4.98. The van der Waals surface area contributed by atoms with Crippen molar-refractivity contribution in [3.63, 3.8) is 0 Å². The second kappa shape index (κ2) is 4.52. The lowest BCUT2D eigenvalue weighted by atomic mass is 9.54. The van der Waals surface area contributed by atoms with E-state index in [1.807, 2.05) is 18.2 Å². The highest BCUT2D eigenvalue weighted by atomic mass is 16.7. The number of hydrogen-bond acceptors (Lipinski definition) is 7. The van der Waals surface area contributed by atoms with Gasteiger partial charge in [0.05, 0.1) is 24.1 Å². The Morgan fingerprint density at radius 2 is 1.96 bits per heavy atom. The predicted octanol–water partition coefficient (Wildman–Crippen LogP) is 2.06. The molecule has 2 bridgehead atoms. The van der Waals surface area contributed by atoms with E-state index in [0.29, 0.717) is 5.56 Å². The highest BCUT2D eigenvalue weighted by molar-refractivity contribution is 5.89. The second-order valence-electron chi connectivity index (χ2n) is 5.90. The largest absolute Gasteiger partial charge is 0.448 e. The highest BCUT2D eigenvalue weighted by Crippen LogP contribution is 2.66. The first kappa shape index (κ1) is 15.0. The second-order valence-corrected chi connectivity index (χ2v) is 5.90. The smallest absolute Gasteiger partial charge is 0.214 e. The summed E-state index contributed by atoms with van der Waals surface area (Å²) in [6.45, 7) is 3.28. The van der Waals surface area contributed by atoms with Gasteiger partial charge >= 0.3 is 0 Å². The van der Waals surface area contributed by atoms with Crippen LogP contribution in [0.2, 0.25) is 0 Å². The molecule has 3 heterocycles. The van der Waals surface area contributed by atoms with Crippen LogP contribution in [0.3, 0.4) is 0 Å². The number of hydrogen-bond donors (Lipinski definition) is 1. The predicted molar refractivity (Wildman–Crippen MR) is 76.1 cm³/mol. The quantitative estimate of drug-likeness (QED) is 0.846. The Hall–Kier alpha value is -2.95. The van der Waals surface area contributed by atoms with Crippen molar-refractivity contribution >= 4 is 5.90 Å². The fourth-order valence-electron chi connectivity index (χ4n) is 3.54. The number of fused-ring (bicyclic) bond motifs is 2. The molecule has 7 heteroatoms. The lowest BCUT2D eigenvalue weighted by Gasteiger charge is -2.47. The van der Waals surface area contributed by atoms with Gasteiger partial charge in [0.1, 0.15) is 6.10 Å². The van der Waals surface area contributed by atoms with Gasteiger partial charge in [-0.05, 0) is 6.07 Å². The van der Waals surface area contributed by atoms with Crippen molar-refractivity contribution in [2.24, 2.45) is 16.7 Å². The number of ether oxygens (including phenoxy) is 2. The van der Waals surface area contributed by atoms with E-state index in [1.165, 1.54) is 6.20 Å². The van der Waals surface area contributed by atoms with E-state index in [4.69, 9.17) is 14.9 Å². The summed E-state index contributed by atoms with van der Waals surface area (Å²) in [4.78, 5) is 4.00. The normalized spacial score (nSPS) is 37.1. The molecule has 7 nitrogen and oxygen atoms in total. The summed E-state index contributed by atoms with van der Waals surface area (Å²) in [7, 11) is 0. The minimum atomic E-state index is -1.91. The van der Waals surface area contributed by atoms with E-state index >= 15 is 0 Å². The molecule has 0 aromatic carbocycles. The lowest BCUT2D eigenvalue weighted by Crippen LogP contribution is -2.57. The van der Waals surface area contributed by atoms with Gasteiger partial charge in [0.2, 0.25) is 17.1 Å². The van der Waals surface area contributed by atoms with Gasteiger partial charge in [0.15, 0.2) is 5.41 Å². The van der Waals surface area contributed by atoms with Gasteiger partial charge in [0, 0.05) is 24.9 Å². The molecule has 2 fully saturated rings. The summed E-state index contributed by atoms with van der Waals surface area (Å²) in [5, 5.41) is 37.7. The Morgan fingerprint density at radius 3 is 2.48 bits per heavy atom. The first-order valence-corrected chi connectivity index (χ1v) is 7.01. The van der Waals surface area contributed by atoms with Crippen LogP contribution in [0.15, 0.2) is 24.5 Å². The highest BCUT2D eigenvalue weighted by Gasteiger charge is 2.78. The number of rotatable bonds is 1. The fourth-order valence-corrected chi connectivity index (χ4v) is 3.54.